The van der Waals surface area contributed by atoms with Gasteiger partial charge in [0.05, 0.1) is 24.8 Å². The van der Waals surface area contributed by atoms with Crippen molar-refractivity contribution in [3.8, 4) is 11.4 Å². The van der Waals surface area contributed by atoms with Crippen LogP contribution in [0.2, 0.25) is 0 Å². The minimum atomic E-state index is -1.17. The normalized spacial score (nSPS) is 10.5. The molecular formula is C11H14N6O3. The summed E-state index contributed by atoms with van der Waals surface area (Å²) < 4.78 is 3.07. The van der Waals surface area contributed by atoms with Gasteiger partial charge in [-0.2, -0.15) is 0 Å². The summed E-state index contributed by atoms with van der Waals surface area (Å²) in [5.74, 6) is -1.33. The fraction of sp³-hybridized carbons (Fsp3) is 0.364. The maximum Gasteiger partial charge on any atom is 0.358 e. The van der Waals surface area contributed by atoms with Gasteiger partial charge in [0.25, 0.3) is 0 Å². The number of carbonyl (C=O) groups is 2. The molecule has 2 rings (SSSR count). The van der Waals surface area contributed by atoms with E-state index in [1.165, 1.54) is 17.9 Å². The molecule has 0 fully saturated rings. The second-order valence-electron chi connectivity index (χ2n) is 4.13. The number of carboxylic acid groups (broad SMARTS) is 1. The Balaban J connectivity index is 2.41. The molecule has 0 radical (unpaired) electrons. The van der Waals surface area contributed by atoms with E-state index in [0.717, 1.165) is 0 Å². The fourth-order valence-electron chi connectivity index (χ4n) is 1.78. The summed E-state index contributed by atoms with van der Waals surface area (Å²) in [5.41, 5.74) is 0.746. The molecule has 9 heteroatoms. The van der Waals surface area contributed by atoms with Gasteiger partial charge in [-0.1, -0.05) is 5.21 Å². The molecule has 1 amide bonds. The molecule has 0 saturated heterocycles. The summed E-state index contributed by atoms with van der Waals surface area (Å²) in [5, 5.41) is 19.1. The highest BCUT2D eigenvalue weighted by Crippen LogP contribution is 2.21. The van der Waals surface area contributed by atoms with Gasteiger partial charge in [0.15, 0.2) is 5.69 Å². The molecule has 0 aliphatic rings. The van der Waals surface area contributed by atoms with E-state index in [0.29, 0.717) is 11.4 Å². The standard InChI is InChI=1S/C11H14N6O3/c1-12-8(18)3-4-17-10(7-5-13-6-16(7)2)9(11(19)20)14-15-17/h5-6H,3-4H2,1-2H3,(H,12,18)(H,19,20). The highest BCUT2D eigenvalue weighted by molar-refractivity contribution is 5.92. The first-order chi connectivity index (χ1) is 9.54. The number of aryl methyl sites for hydroxylation is 2. The zero-order valence-corrected chi connectivity index (χ0v) is 11.1. The van der Waals surface area contributed by atoms with Crippen molar-refractivity contribution in [1.29, 1.82) is 0 Å². The summed E-state index contributed by atoms with van der Waals surface area (Å²) in [6.07, 6.45) is 3.27. The largest absolute Gasteiger partial charge is 0.476 e. The van der Waals surface area contributed by atoms with Crippen LogP contribution in [0.4, 0.5) is 0 Å². The third-order valence-electron chi connectivity index (χ3n) is 2.83. The predicted octanol–water partition coefficient (Wildman–Crippen LogP) is -0.487. The summed E-state index contributed by atoms with van der Waals surface area (Å²) in [7, 11) is 3.28. The van der Waals surface area contributed by atoms with Crippen LogP contribution in [0.15, 0.2) is 12.5 Å². The van der Waals surface area contributed by atoms with Crippen molar-refractivity contribution in [1.82, 2.24) is 29.9 Å². The van der Waals surface area contributed by atoms with Crippen molar-refractivity contribution in [2.75, 3.05) is 7.05 Å². The molecular weight excluding hydrogens is 264 g/mol. The highest BCUT2D eigenvalue weighted by atomic mass is 16.4. The van der Waals surface area contributed by atoms with Crippen LogP contribution in [0.25, 0.3) is 11.4 Å². The number of carbonyl (C=O) groups excluding carboxylic acids is 1. The number of amides is 1. The average molecular weight is 278 g/mol. The van der Waals surface area contributed by atoms with E-state index in [2.05, 4.69) is 20.6 Å². The molecule has 0 atom stereocenters. The van der Waals surface area contributed by atoms with Crippen LogP contribution in [-0.2, 0) is 18.4 Å². The van der Waals surface area contributed by atoms with Gasteiger partial charge in [0.1, 0.15) is 5.69 Å². The molecule has 0 spiro atoms. The number of aromatic carboxylic acids is 1. The van der Waals surface area contributed by atoms with Crippen molar-refractivity contribution in [2.45, 2.75) is 13.0 Å². The SMILES string of the molecule is CNC(=O)CCn1nnc(C(=O)O)c1-c1cncn1C. The maximum absolute atomic E-state index is 11.3. The van der Waals surface area contributed by atoms with Gasteiger partial charge < -0.3 is 15.0 Å². The molecule has 2 aromatic heterocycles. The van der Waals surface area contributed by atoms with E-state index >= 15 is 0 Å². The van der Waals surface area contributed by atoms with Crippen LogP contribution in [0.5, 0.6) is 0 Å². The van der Waals surface area contributed by atoms with Gasteiger partial charge >= 0.3 is 5.97 Å². The third-order valence-corrected chi connectivity index (χ3v) is 2.83. The smallest absolute Gasteiger partial charge is 0.358 e. The number of nitrogens with zero attached hydrogens (tertiary/aromatic N) is 5. The molecule has 0 aliphatic carbocycles. The van der Waals surface area contributed by atoms with E-state index in [1.807, 2.05) is 0 Å². The van der Waals surface area contributed by atoms with Gasteiger partial charge in [-0.3, -0.25) is 4.79 Å². The molecule has 106 valence electrons. The number of imidazole rings is 1. The molecule has 9 nitrogen and oxygen atoms in total. The minimum Gasteiger partial charge on any atom is -0.476 e. The van der Waals surface area contributed by atoms with Crippen LogP contribution in [0.1, 0.15) is 16.9 Å². The van der Waals surface area contributed by atoms with Gasteiger partial charge in [0.2, 0.25) is 5.91 Å². The summed E-state index contributed by atoms with van der Waals surface area (Å²) in [6, 6.07) is 0. The van der Waals surface area contributed by atoms with E-state index in [4.69, 9.17) is 5.11 Å². The summed E-state index contributed by atoms with van der Waals surface area (Å²) in [4.78, 5) is 26.4. The van der Waals surface area contributed by atoms with Crippen LogP contribution in [0.3, 0.4) is 0 Å². The van der Waals surface area contributed by atoms with Gasteiger partial charge in [-0.05, 0) is 0 Å². The summed E-state index contributed by atoms with van der Waals surface area (Å²) >= 11 is 0. The van der Waals surface area contributed by atoms with Crippen molar-refractivity contribution in [2.24, 2.45) is 7.05 Å². The maximum atomic E-state index is 11.3. The Labute approximate surface area is 114 Å². The van der Waals surface area contributed by atoms with Crippen LogP contribution >= 0.6 is 0 Å². The molecule has 20 heavy (non-hydrogen) atoms. The second kappa shape index (κ2) is 5.51. The Morgan fingerprint density at radius 1 is 1.45 bits per heavy atom. The quantitative estimate of drug-likeness (QED) is 0.762. The van der Waals surface area contributed by atoms with Crippen LogP contribution in [0, 0.1) is 0 Å². The second-order valence-corrected chi connectivity index (χ2v) is 4.13. The zero-order chi connectivity index (χ0) is 14.7. The molecule has 0 aromatic carbocycles. The number of hydrogen-bond donors (Lipinski definition) is 2. The minimum absolute atomic E-state index is 0.159. The molecule has 2 heterocycles. The summed E-state index contributed by atoms with van der Waals surface area (Å²) in [6.45, 7) is 0.237. The Kier molecular flexibility index (Phi) is 3.78. The highest BCUT2D eigenvalue weighted by Gasteiger charge is 2.22. The number of nitrogens with one attached hydrogen (secondary N) is 1. The molecule has 2 aromatic rings. The van der Waals surface area contributed by atoms with E-state index in [9.17, 15) is 9.59 Å². The van der Waals surface area contributed by atoms with Crippen LogP contribution < -0.4 is 5.32 Å². The lowest BCUT2D eigenvalue weighted by molar-refractivity contribution is -0.120. The fourth-order valence-corrected chi connectivity index (χ4v) is 1.78. The van der Waals surface area contributed by atoms with E-state index in [-0.39, 0.29) is 24.6 Å². The number of rotatable bonds is 5. The Hall–Kier alpha value is -2.71. The van der Waals surface area contributed by atoms with Crippen molar-refractivity contribution < 1.29 is 14.7 Å². The third kappa shape index (κ3) is 2.51. The van der Waals surface area contributed by atoms with Gasteiger partial charge in [0, 0.05) is 20.5 Å². The molecule has 0 aliphatic heterocycles. The average Bonchev–Trinajstić information content (AvgIpc) is 3.01. The van der Waals surface area contributed by atoms with E-state index in [1.54, 1.807) is 17.9 Å². The van der Waals surface area contributed by atoms with Gasteiger partial charge in [-0.15, -0.1) is 5.10 Å². The van der Waals surface area contributed by atoms with Gasteiger partial charge in [-0.25, -0.2) is 14.5 Å². The zero-order valence-electron chi connectivity index (χ0n) is 11.1. The topological polar surface area (TPSA) is 115 Å². The lowest BCUT2D eigenvalue weighted by Crippen LogP contribution is -2.20. The molecule has 2 N–H and O–H groups in total. The molecule has 0 saturated carbocycles. The first-order valence-electron chi connectivity index (χ1n) is 5.88. The molecule has 0 bridgehead atoms. The Bertz CT molecular complexity index is 644. The van der Waals surface area contributed by atoms with Crippen LogP contribution in [-0.4, -0.2) is 48.6 Å². The monoisotopic (exact) mass is 278 g/mol. The van der Waals surface area contributed by atoms with Crippen molar-refractivity contribution in [3.63, 3.8) is 0 Å². The first kappa shape index (κ1) is 13.7. The first-order valence-corrected chi connectivity index (χ1v) is 5.88. The number of carboxylic acids is 1. The lowest BCUT2D eigenvalue weighted by atomic mass is 10.2. The Morgan fingerprint density at radius 3 is 2.75 bits per heavy atom. The molecule has 0 unspecified atom stereocenters. The van der Waals surface area contributed by atoms with Crippen molar-refractivity contribution >= 4 is 11.9 Å². The number of hydrogen-bond acceptors (Lipinski definition) is 5. The van der Waals surface area contributed by atoms with Crippen molar-refractivity contribution in [3.05, 3.63) is 18.2 Å². The van der Waals surface area contributed by atoms with E-state index < -0.39 is 5.97 Å². The lowest BCUT2D eigenvalue weighted by Gasteiger charge is -2.07. The number of aromatic nitrogens is 5. The predicted molar refractivity (Wildman–Crippen MR) is 67.9 cm³/mol. The Morgan fingerprint density at radius 2 is 2.20 bits per heavy atom.